The topological polar surface area (TPSA) is 35.6 Å². The van der Waals surface area contributed by atoms with Crippen LogP contribution in [0.5, 0.6) is 0 Å². The maximum atomic E-state index is 12.7. The Kier molecular flexibility index (Phi) is 8.32. The third-order valence-electron chi connectivity index (χ3n) is 5.02. The zero-order chi connectivity index (χ0) is 13.1. The molecule has 3 heterocycles. The van der Waals surface area contributed by atoms with Crippen LogP contribution >= 0.6 is 24.8 Å². The zero-order valence-corrected chi connectivity index (χ0v) is 14.4. The number of hydrogen-bond donors (Lipinski definition) is 1. The molecule has 1 N–H and O–H groups in total. The van der Waals surface area contributed by atoms with Gasteiger partial charge in [0.2, 0.25) is 5.91 Å². The largest absolute Gasteiger partial charge is 0.338 e. The normalized spacial score (nSPS) is 27.2. The third-order valence-corrected chi connectivity index (χ3v) is 5.02. The van der Waals surface area contributed by atoms with E-state index in [4.69, 9.17) is 0 Å². The Labute approximate surface area is 140 Å². The van der Waals surface area contributed by atoms with E-state index in [1.54, 1.807) is 0 Å². The molecule has 4 nitrogen and oxygen atoms in total. The van der Waals surface area contributed by atoms with Crippen LogP contribution in [0, 0.1) is 5.92 Å². The number of piperidine rings is 1. The van der Waals surface area contributed by atoms with Crippen molar-refractivity contribution in [3.05, 3.63) is 0 Å². The first-order valence-corrected chi connectivity index (χ1v) is 8.08. The summed E-state index contributed by atoms with van der Waals surface area (Å²) in [6, 6.07) is 0.500. The van der Waals surface area contributed by atoms with E-state index in [9.17, 15) is 4.79 Å². The summed E-state index contributed by atoms with van der Waals surface area (Å²) in [6.45, 7) is 6.64. The number of halogens is 2. The van der Waals surface area contributed by atoms with Crippen LogP contribution in [0.25, 0.3) is 0 Å². The standard InChI is InChI=1S/C15H27N3O.2ClH/c19-15(13-5-7-16-8-6-13)18-11-3-4-14(18)12-17-9-1-2-10-17;;/h13-14,16H,1-12H2;2*1H. The molecule has 0 aromatic carbocycles. The van der Waals surface area contributed by atoms with Crippen molar-refractivity contribution in [2.24, 2.45) is 5.92 Å². The number of nitrogens with zero attached hydrogens (tertiary/aromatic N) is 2. The van der Waals surface area contributed by atoms with Crippen LogP contribution in [-0.4, -0.2) is 61.0 Å². The highest BCUT2D eigenvalue weighted by Crippen LogP contribution is 2.25. The highest BCUT2D eigenvalue weighted by molar-refractivity contribution is 5.85. The fourth-order valence-corrected chi connectivity index (χ4v) is 3.88. The molecule has 3 rings (SSSR count). The summed E-state index contributed by atoms with van der Waals surface area (Å²) in [5.41, 5.74) is 0. The van der Waals surface area contributed by atoms with Crippen molar-refractivity contribution in [2.75, 3.05) is 39.3 Å². The van der Waals surface area contributed by atoms with E-state index in [1.165, 1.54) is 38.8 Å². The molecule has 3 aliphatic rings. The number of carbonyl (C=O) groups is 1. The lowest BCUT2D eigenvalue weighted by atomic mass is 9.96. The summed E-state index contributed by atoms with van der Waals surface area (Å²) < 4.78 is 0. The number of amides is 1. The fourth-order valence-electron chi connectivity index (χ4n) is 3.88. The van der Waals surface area contributed by atoms with Crippen LogP contribution in [0.15, 0.2) is 0 Å². The first kappa shape index (κ1) is 19.0. The van der Waals surface area contributed by atoms with Gasteiger partial charge in [-0.1, -0.05) is 0 Å². The molecule has 3 fully saturated rings. The van der Waals surface area contributed by atoms with Gasteiger partial charge in [0, 0.05) is 25.0 Å². The van der Waals surface area contributed by atoms with Gasteiger partial charge in [-0.3, -0.25) is 4.79 Å². The van der Waals surface area contributed by atoms with Gasteiger partial charge in [-0.25, -0.2) is 0 Å². The lowest BCUT2D eigenvalue weighted by Crippen LogP contribution is -2.46. The predicted octanol–water partition coefficient (Wildman–Crippen LogP) is 1.92. The maximum absolute atomic E-state index is 12.7. The number of likely N-dealkylation sites (tertiary alicyclic amines) is 2. The molecule has 3 saturated heterocycles. The molecule has 0 saturated carbocycles. The average molecular weight is 338 g/mol. The molecule has 0 radical (unpaired) electrons. The van der Waals surface area contributed by atoms with Gasteiger partial charge in [-0.2, -0.15) is 0 Å². The van der Waals surface area contributed by atoms with E-state index >= 15 is 0 Å². The molecule has 0 bridgehead atoms. The van der Waals surface area contributed by atoms with E-state index in [1.807, 2.05) is 0 Å². The summed E-state index contributed by atoms with van der Waals surface area (Å²) in [5.74, 6) is 0.739. The van der Waals surface area contributed by atoms with Crippen LogP contribution in [0.4, 0.5) is 0 Å². The monoisotopic (exact) mass is 337 g/mol. The van der Waals surface area contributed by atoms with E-state index in [-0.39, 0.29) is 24.8 Å². The lowest BCUT2D eigenvalue weighted by Gasteiger charge is -2.32. The molecule has 0 aliphatic carbocycles. The van der Waals surface area contributed by atoms with Gasteiger partial charge in [0.25, 0.3) is 0 Å². The molecule has 21 heavy (non-hydrogen) atoms. The Balaban J connectivity index is 0.00000110. The van der Waals surface area contributed by atoms with Crippen LogP contribution < -0.4 is 5.32 Å². The Morgan fingerprint density at radius 2 is 1.62 bits per heavy atom. The third kappa shape index (κ3) is 4.72. The molecule has 1 unspecified atom stereocenters. The van der Waals surface area contributed by atoms with Crippen LogP contribution in [0.2, 0.25) is 0 Å². The molecule has 1 amide bonds. The molecule has 124 valence electrons. The van der Waals surface area contributed by atoms with Crippen molar-refractivity contribution in [1.29, 1.82) is 0 Å². The van der Waals surface area contributed by atoms with Crippen LogP contribution in [0.1, 0.15) is 38.5 Å². The highest BCUT2D eigenvalue weighted by atomic mass is 35.5. The predicted molar refractivity (Wildman–Crippen MR) is 90.5 cm³/mol. The summed E-state index contributed by atoms with van der Waals surface area (Å²) >= 11 is 0. The van der Waals surface area contributed by atoms with Crippen molar-refractivity contribution < 1.29 is 4.79 Å². The zero-order valence-electron chi connectivity index (χ0n) is 12.8. The number of carbonyl (C=O) groups excluding carboxylic acids is 1. The molecular weight excluding hydrogens is 309 g/mol. The first-order chi connectivity index (χ1) is 9.34. The maximum Gasteiger partial charge on any atom is 0.226 e. The number of hydrogen-bond acceptors (Lipinski definition) is 3. The summed E-state index contributed by atoms with van der Waals surface area (Å²) in [4.78, 5) is 17.4. The molecule has 0 spiro atoms. The van der Waals surface area contributed by atoms with E-state index in [2.05, 4.69) is 15.1 Å². The lowest BCUT2D eigenvalue weighted by molar-refractivity contribution is -0.137. The summed E-state index contributed by atoms with van der Waals surface area (Å²) in [7, 11) is 0. The molecule has 6 heteroatoms. The Morgan fingerprint density at radius 3 is 2.29 bits per heavy atom. The molecule has 0 aromatic heterocycles. The Morgan fingerprint density at radius 1 is 0.952 bits per heavy atom. The second-order valence-corrected chi connectivity index (χ2v) is 6.36. The Hall–Kier alpha value is -0.0300. The molecule has 1 atom stereocenters. The molecule has 0 aromatic rings. The van der Waals surface area contributed by atoms with Gasteiger partial charge in [-0.15, -0.1) is 24.8 Å². The van der Waals surface area contributed by atoms with Gasteiger partial charge in [-0.05, 0) is 64.7 Å². The second kappa shape index (κ2) is 9.19. The van der Waals surface area contributed by atoms with Gasteiger partial charge in [0.15, 0.2) is 0 Å². The van der Waals surface area contributed by atoms with Crippen LogP contribution in [0.3, 0.4) is 0 Å². The van der Waals surface area contributed by atoms with Crippen molar-refractivity contribution in [1.82, 2.24) is 15.1 Å². The quantitative estimate of drug-likeness (QED) is 0.854. The summed E-state index contributed by atoms with van der Waals surface area (Å²) in [6.07, 6.45) is 7.17. The van der Waals surface area contributed by atoms with E-state index in [0.717, 1.165) is 39.0 Å². The van der Waals surface area contributed by atoms with Crippen molar-refractivity contribution >= 4 is 30.7 Å². The minimum absolute atomic E-state index is 0. The van der Waals surface area contributed by atoms with Crippen molar-refractivity contribution in [3.8, 4) is 0 Å². The van der Waals surface area contributed by atoms with Gasteiger partial charge in [0.05, 0.1) is 0 Å². The van der Waals surface area contributed by atoms with Gasteiger partial charge < -0.3 is 15.1 Å². The fraction of sp³-hybridized carbons (Fsp3) is 0.933. The highest BCUT2D eigenvalue weighted by Gasteiger charge is 2.34. The van der Waals surface area contributed by atoms with Gasteiger partial charge >= 0.3 is 0 Å². The SMILES string of the molecule is Cl.Cl.O=C(C1CCNCC1)N1CCCC1CN1CCCC1. The minimum atomic E-state index is 0. The van der Waals surface area contributed by atoms with Crippen LogP contribution in [-0.2, 0) is 4.79 Å². The summed E-state index contributed by atoms with van der Waals surface area (Å²) in [5, 5.41) is 3.35. The first-order valence-electron chi connectivity index (χ1n) is 8.08. The molecule has 3 aliphatic heterocycles. The Bertz CT molecular complexity index is 318. The average Bonchev–Trinajstić information content (AvgIpc) is 3.11. The minimum Gasteiger partial charge on any atom is -0.338 e. The second-order valence-electron chi connectivity index (χ2n) is 6.36. The van der Waals surface area contributed by atoms with E-state index < -0.39 is 0 Å². The number of nitrogens with one attached hydrogen (secondary N) is 1. The van der Waals surface area contributed by atoms with Gasteiger partial charge in [0.1, 0.15) is 0 Å². The van der Waals surface area contributed by atoms with E-state index in [0.29, 0.717) is 17.9 Å². The van der Waals surface area contributed by atoms with Crippen molar-refractivity contribution in [2.45, 2.75) is 44.6 Å². The van der Waals surface area contributed by atoms with Crippen molar-refractivity contribution in [3.63, 3.8) is 0 Å². The number of rotatable bonds is 3. The smallest absolute Gasteiger partial charge is 0.226 e. The molecular formula is C15H29Cl2N3O.